The van der Waals surface area contributed by atoms with Crippen LogP contribution in [-0.2, 0) is 0 Å². The lowest BCUT2D eigenvalue weighted by molar-refractivity contribution is 0.668. The number of para-hydroxylation sites is 5. The molecule has 4 heterocycles. The Morgan fingerprint density at radius 1 is 0.221 bits per heavy atom. The predicted octanol–water partition coefficient (Wildman–Crippen LogP) is 20.2. The average Bonchev–Trinajstić information content (AvgIpc) is 4.25. The Bertz CT molecular complexity index is 4850. The number of benzene rings is 12. The molecule has 0 spiro atoms. The van der Waals surface area contributed by atoms with Gasteiger partial charge in [0.2, 0.25) is 0 Å². The van der Waals surface area contributed by atoms with Crippen LogP contribution < -0.4 is 4.90 Å². The predicted molar refractivity (Wildman–Crippen MR) is 321 cm³/mol. The molecule has 0 fully saturated rings. The molecule has 0 bridgehead atoms. The Hall–Kier alpha value is -10.4. The van der Waals surface area contributed by atoms with E-state index in [4.69, 9.17) is 8.83 Å². The second-order valence-corrected chi connectivity index (χ2v) is 20.1. The smallest absolute Gasteiger partial charge is 0.135 e. The molecule has 4 aromatic heterocycles. The summed E-state index contributed by atoms with van der Waals surface area (Å²) in [6.07, 6.45) is 0. The van der Waals surface area contributed by atoms with E-state index in [1.54, 1.807) is 0 Å². The number of hydrogen-bond acceptors (Lipinski definition) is 3. The normalized spacial score (nSPS) is 11.9. The topological polar surface area (TPSA) is 39.4 Å². The molecule has 16 aromatic rings. The third kappa shape index (κ3) is 6.95. The molecule has 0 aliphatic heterocycles. The third-order valence-electron chi connectivity index (χ3n) is 15.7. The zero-order valence-corrected chi connectivity index (χ0v) is 41.6. The summed E-state index contributed by atoms with van der Waals surface area (Å²) in [4.78, 5) is 2.33. The first-order valence-electron chi connectivity index (χ1n) is 26.2. The molecule has 360 valence electrons. The van der Waals surface area contributed by atoms with E-state index >= 15 is 0 Å². The van der Waals surface area contributed by atoms with E-state index in [0.717, 1.165) is 83.4 Å². The van der Waals surface area contributed by atoms with Crippen molar-refractivity contribution in [2.75, 3.05) is 4.90 Å². The number of fused-ring (bicyclic) bond motifs is 12. The van der Waals surface area contributed by atoms with Crippen molar-refractivity contribution < 1.29 is 8.83 Å². The van der Waals surface area contributed by atoms with Crippen LogP contribution in [0, 0.1) is 0 Å². The minimum absolute atomic E-state index is 0.868. The van der Waals surface area contributed by atoms with Crippen LogP contribution in [0.2, 0.25) is 0 Å². The Morgan fingerprint density at radius 3 is 1.05 bits per heavy atom. The largest absolute Gasteiger partial charge is 0.456 e. The zero-order chi connectivity index (χ0) is 50.6. The first-order valence-corrected chi connectivity index (χ1v) is 26.2. The maximum atomic E-state index is 6.27. The molecule has 5 heteroatoms. The van der Waals surface area contributed by atoms with Gasteiger partial charge in [-0.1, -0.05) is 146 Å². The van der Waals surface area contributed by atoms with Crippen LogP contribution in [-0.4, -0.2) is 9.13 Å². The van der Waals surface area contributed by atoms with Crippen LogP contribution in [0.15, 0.2) is 282 Å². The molecule has 0 radical (unpaired) electrons. The van der Waals surface area contributed by atoms with E-state index in [1.807, 2.05) is 24.3 Å². The lowest BCUT2D eigenvalue weighted by atomic mass is 9.98. The molecular weight excluding hydrogens is 939 g/mol. The SMILES string of the molecule is c1ccc(-n2c3ccccc3c3cc(-c4ccc5c(c4)c4cc(-c6ccc(-c7ccc(N(c8ccc9oc%10ccccc%10c9c8)c8ccc9oc%10ccccc%10c9c8)cc7)cc6)ccc4n5-c4ccccc4)ccc32)cc1. The summed E-state index contributed by atoms with van der Waals surface area (Å²) in [6.45, 7) is 0. The quantitative estimate of drug-likeness (QED) is 0.152. The molecular formula is C72H45N3O2. The highest BCUT2D eigenvalue weighted by molar-refractivity contribution is 6.14. The van der Waals surface area contributed by atoms with Crippen LogP contribution in [0.25, 0.3) is 132 Å². The zero-order valence-electron chi connectivity index (χ0n) is 41.6. The standard InChI is InChI=1S/C72H45N3O2/c1-3-13-52(14-4-1)74-65-20-10-7-17-57(65)60-42-50(30-37-66(60)74)51-31-38-68-62(43-51)61-41-49(29-36-67(61)75(68)53-15-5-2-6-16-53)48-25-23-46(24-26-48)47-27-32-54(33-28-47)73(55-34-39-71-63(44-55)58-18-8-11-21-69(58)76-71)56-35-40-72-64(45-56)59-19-9-12-22-70(59)77-72/h1-45H. The third-order valence-corrected chi connectivity index (χ3v) is 15.7. The highest BCUT2D eigenvalue weighted by atomic mass is 16.3. The summed E-state index contributed by atoms with van der Waals surface area (Å²) in [5.41, 5.74) is 20.7. The first kappa shape index (κ1) is 43.1. The Kier molecular flexibility index (Phi) is 9.57. The van der Waals surface area contributed by atoms with Crippen molar-refractivity contribution in [3.05, 3.63) is 273 Å². The van der Waals surface area contributed by atoms with Crippen LogP contribution in [0.4, 0.5) is 17.1 Å². The summed E-state index contributed by atoms with van der Waals surface area (Å²) >= 11 is 0. The van der Waals surface area contributed by atoms with Crippen LogP contribution in [0.1, 0.15) is 0 Å². The molecule has 0 aliphatic rings. The maximum Gasteiger partial charge on any atom is 0.135 e. The fourth-order valence-corrected chi connectivity index (χ4v) is 12.1. The molecule has 0 aliphatic carbocycles. The molecule has 0 saturated heterocycles. The van der Waals surface area contributed by atoms with Gasteiger partial charge < -0.3 is 22.9 Å². The fraction of sp³-hybridized carbons (Fsp3) is 0. The van der Waals surface area contributed by atoms with Crippen molar-refractivity contribution in [2.45, 2.75) is 0 Å². The van der Waals surface area contributed by atoms with Gasteiger partial charge in [-0.3, -0.25) is 0 Å². The number of anilines is 3. The second-order valence-electron chi connectivity index (χ2n) is 20.1. The molecule has 12 aromatic carbocycles. The summed E-state index contributed by atoms with van der Waals surface area (Å²) < 4.78 is 17.3. The first-order chi connectivity index (χ1) is 38.1. The lowest BCUT2D eigenvalue weighted by Gasteiger charge is -2.26. The lowest BCUT2D eigenvalue weighted by Crippen LogP contribution is -2.09. The number of aromatic nitrogens is 2. The van der Waals surface area contributed by atoms with Crippen molar-refractivity contribution >= 4 is 105 Å². The summed E-state index contributed by atoms with van der Waals surface area (Å²) in [7, 11) is 0. The molecule has 0 unspecified atom stereocenters. The van der Waals surface area contributed by atoms with E-state index in [1.165, 1.54) is 65.9 Å². The van der Waals surface area contributed by atoms with Gasteiger partial charge in [0.1, 0.15) is 22.3 Å². The molecule has 77 heavy (non-hydrogen) atoms. The van der Waals surface area contributed by atoms with Crippen LogP contribution in [0.3, 0.4) is 0 Å². The van der Waals surface area contributed by atoms with E-state index in [-0.39, 0.29) is 0 Å². The van der Waals surface area contributed by atoms with E-state index in [9.17, 15) is 0 Å². The van der Waals surface area contributed by atoms with E-state index in [2.05, 4.69) is 263 Å². The summed E-state index contributed by atoms with van der Waals surface area (Å²) in [6, 6.07) is 98.4. The van der Waals surface area contributed by atoms with Gasteiger partial charge in [0.05, 0.1) is 22.1 Å². The number of furan rings is 2. The minimum atomic E-state index is 0.868. The Morgan fingerprint density at radius 2 is 0.558 bits per heavy atom. The van der Waals surface area contributed by atoms with Gasteiger partial charge in [-0.25, -0.2) is 0 Å². The van der Waals surface area contributed by atoms with E-state index < -0.39 is 0 Å². The van der Waals surface area contributed by atoms with Gasteiger partial charge in [0.15, 0.2) is 0 Å². The van der Waals surface area contributed by atoms with Crippen molar-refractivity contribution in [1.29, 1.82) is 0 Å². The van der Waals surface area contributed by atoms with Crippen molar-refractivity contribution in [2.24, 2.45) is 0 Å². The molecule has 16 rings (SSSR count). The molecule has 0 saturated carbocycles. The molecule has 5 nitrogen and oxygen atoms in total. The molecule has 0 atom stereocenters. The van der Waals surface area contributed by atoms with Gasteiger partial charge in [-0.15, -0.1) is 0 Å². The summed E-state index contributed by atoms with van der Waals surface area (Å²) in [5, 5.41) is 9.29. The van der Waals surface area contributed by atoms with Crippen LogP contribution in [0.5, 0.6) is 0 Å². The minimum Gasteiger partial charge on any atom is -0.456 e. The van der Waals surface area contributed by atoms with Crippen molar-refractivity contribution in [3.8, 4) is 44.8 Å². The summed E-state index contributed by atoms with van der Waals surface area (Å²) in [5.74, 6) is 0. The van der Waals surface area contributed by atoms with Crippen LogP contribution >= 0.6 is 0 Å². The highest BCUT2D eigenvalue weighted by Gasteiger charge is 2.20. The second kappa shape index (κ2) is 17.1. The molecule has 0 N–H and O–H groups in total. The van der Waals surface area contributed by atoms with Gasteiger partial charge in [0, 0.05) is 71.5 Å². The number of nitrogens with zero attached hydrogens (tertiary/aromatic N) is 3. The van der Waals surface area contributed by atoms with Gasteiger partial charge >= 0.3 is 0 Å². The molecule has 0 amide bonds. The number of hydrogen-bond donors (Lipinski definition) is 0. The monoisotopic (exact) mass is 983 g/mol. The maximum absolute atomic E-state index is 6.27. The van der Waals surface area contributed by atoms with Gasteiger partial charge in [0.25, 0.3) is 0 Å². The Labute approximate surface area is 442 Å². The number of rotatable bonds is 8. The van der Waals surface area contributed by atoms with Crippen molar-refractivity contribution in [3.63, 3.8) is 0 Å². The van der Waals surface area contributed by atoms with Gasteiger partial charge in [-0.2, -0.15) is 0 Å². The van der Waals surface area contributed by atoms with E-state index in [0.29, 0.717) is 0 Å². The fourth-order valence-electron chi connectivity index (χ4n) is 12.1. The van der Waals surface area contributed by atoms with Gasteiger partial charge in [-0.05, 0) is 161 Å². The van der Waals surface area contributed by atoms with Crippen molar-refractivity contribution in [1.82, 2.24) is 9.13 Å². The Balaban J connectivity index is 0.762. The average molecular weight is 984 g/mol. The highest BCUT2D eigenvalue weighted by Crippen LogP contribution is 2.43.